The lowest BCUT2D eigenvalue weighted by atomic mass is 10.2. The van der Waals surface area contributed by atoms with Gasteiger partial charge in [0.25, 0.3) is 0 Å². The number of carbonyl (C=O) groups excluding carboxylic acids is 1. The first-order valence-electron chi connectivity index (χ1n) is 12.8. The number of benzene rings is 3. The Balaban J connectivity index is 1.20. The Labute approximate surface area is 237 Å². The van der Waals surface area contributed by atoms with E-state index in [4.69, 9.17) is 25.8 Å². The molecule has 2 N–H and O–H groups in total. The highest BCUT2D eigenvalue weighted by Gasteiger charge is 2.15. The van der Waals surface area contributed by atoms with Crippen LogP contribution in [0.15, 0.2) is 60.9 Å². The number of anilines is 2. The maximum Gasteiger partial charge on any atom is 0.323 e. The molecule has 0 radical (unpaired) electrons. The van der Waals surface area contributed by atoms with E-state index in [9.17, 15) is 4.79 Å². The molecule has 0 unspecified atom stereocenters. The highest BCUT2D eigenvalue weighted by atomic mass is 35.5. The Bertz CT molecular complexity index is 1490. The number of urea groups is 1. The number of hydrogen-bond acceptors (Lipinski definition) is 8. The molecular formula is C29H31ClN6O4. The number of aromatic nitrogens is 2. The number of halogens is 1. The fourth-order valence-electron chi connectivity index (χ4n) is 4.46. The molecule has 208 valence electrons. The van der Waals surface area contributed by atoms with Gasteiger partial charge in [0.05, 0.1) is 35.8 Å². The molecule has 0 bridgehead atoms. The Morgan fingerprint density at radius 2 is 1.65 bits per heavy atom. The van der Waals surface area contributed by atoms with E-state index in [-0.39, 0.29) is 0 Å². The number of nitrogens with zero attached hydrogens (tertiary/aromatic N) is 4. The maximum atomic E-state index is 12.6. The summed E-state index contributed by atoms with van der Waals surface area (Å²) >= 11 is 6.47. The first kappa shape index (κ1) is 27.4. The summed E-state index contributed by atoms with van der Waals surface area (Å²) in [6.07, 6.45) is 1.41. The molecule has 2 heterocycles. The summed E-state index contributed by atoms with van der Waals surface area (Å²) in [7, 11) is 5.27. The number of rotatable bonds is 8. The molecule has 0 atom stereocenters. The summed E-state index contributed by atoms with van der Waals surface area (Å²) in [5, 5.41) is 6.59. The molecule has 5 rings (SSSR count). The van der Waals surface area contributed by atoms with Gasteiger partial charge in [-0.05, 0) is 42.9 Å². The molecule has 0 spiro atoms. The minimum Gasteiger partial charge on any atom is -0.493 e. The van der Waals surface area contributed by atoms with Gasteiger partial charge in [0.2, 0.25) is 5.88 Å². The van der Waals surface area contributed by atoms with E-state index in [2.05, 4.69) is 37.4 Å². The molecule has 1 saturated heterocycles. The van der Waals surface area contributed by atoms with Crippen molar-refractivity contribution in [2.75, 3.05) is 58.1 Å². The Hall–Kier alpha value is -4.12. The molecule has 2 amide bonds. The van der Waals surface area contributed by atoms with Gasteiger partial charge in [0.1, 0.15) is 12.1 Å². The SMILES string of the molecule is COc1cc2ncnc(Oc3ccc(NC(=O)Nc4ccc(CN5CCN(C)CC5)cc4)c(Cl)c3)c2cc1OC. The van der Waals surface area contributed by atoms with Crippen LogP contribution in [-0.2, 0) is 6.54 Å². The summed E-state index contributed by atoms with van der Waals surface area (Å²) in [4.78, 5) is 26.0. The van der Waals surface area contributed by atoms with Crippen LogP contribution < -0.4 is 24.8 Å². The van der Waals surface area contributed by atoms with E-state index in [1.807, 2.05) is 24.3 Å². The Kier molecular flexibility index (Phi) is 8.49. The molecule has 1 aliphatic heterocycles. The quantitative estimate of drug-likeness (QED) is 0.291. The van der Waals surface area contributed by atoms with Crippen LogP contribution in [0.4, 0.5) is 16.2 Å². The van der Waals surface area contributed by atoms with Crippen LogP contribution >= 0.6 is 11.6 Å². The predicted octanol–water partition coefficient (Wildman–Crippen LogP) is 5.48. The van der Waals surface area contributed by atoms with Gasteiger partial charge in [-0.25, -0.2) is 14.8 Å². The third kappa shape index (κ3) is 6.53. The van der Waals surface area contributed by atoms with Crippen LogP contribution in [0.1, 0.15) is 5.56 Å². The van der Waals surface area contributed by atoms with Crippen molar-refractivity contribution in [1.82, 2.24) is 19.8 Å². The number of nitrogens with one attached hydrogen (secondary N) is 2. The van der Waals surface area contributed by atoms with Crippen LogP contribution in [0.5, 0.6) is 23.1 Å². The van der Waals surface area contributed by atoms with Crippen LogP contribution in [0.2, 0.25) is 5.02 Å². The van der Waals surface area contributed by atoms with Gasteiger partial charge in [-0.2, -0.15) is 0 Å². The number of fused-ring (bicyclic) bond motifs is 1. The summed E-state index contributed by atoms with van der Waals surface area (Å²) in [5.74, 6) is 1.86. The standard InChI is InChI=1S/C29H31ClN6O4/c1-35-10-12-36(13-11-35)17-19-4-6-20(7-5-19)33-29(37)34-24-9-8-21(14-23(24)30)40-28-22-15-26(38-2)27(39-3)16-25(22)31-18-32-28/h4-9,14-16,18H,10-13,17H2,1-3H3,(H2,33,34,37). The molecular weight excluding hydrogens is 532 g/mol. The zero-order valence-electron chi connectivity index (χ0n) is 22.6. The predicted molar refractivity (Wildman–Crippen MR) is 156 cm³/mol. The molecule has 3 aromatic carbocycles. The lowest BCUT2D eigenvalue weighted by molar-refractivity contribution is 0.148. The van der Waals surface area contributed by atoms with E-state index < -0.39 is 6.03 Å². The normalized spacial score (nSPS) is 14.1. The maximum absolute atomic E-state index is 12.6. The fraction of sp³-hybridized carbons (Fsp3) is 0.276. The minimum atomic E-state index is -0.398. The monoisotopic (exact) mass is 562 g/mol. The van der Waals surface area contributed by atoms with E-state index >= 15 is 0 Å². The molecule has 1 fully saturated rings. The van der Waals surface area contributed by atoms with Crippen molar-refractivity contribution in [3.63, 3.8) is 0 Å². The largest absolute Gasteiger partial charge is 0.493 e. The van der Waals surface area contributed by atoms with Gasteiger partial charge in [-0.15, -0.1) is 0 Å². The highest BCUT2D eigenvalue weighted by molar-refractivity contribution is 6.34. The molecule has 0 saturated carbocycles. The first-order chi connectivity index (χ1) is 19.4. The van der Waals surface area contributed by atoms with Crippen LogP contribution in [0.25, 0.3) is 10.9 Å². The van der Waals surface area contributed by atoms with E-state index in [0.717, 1.165) is 32.7 Å². The second kappa shape index (κ2) is 12.4. The van der Waals surface area contributed by atoms with E-state index in [1.54, 1.807) is 44.6 Å². The van der Waals surface area contributed by atoms with Crippen molar-refractivity contribution < 1.29 is 19.0 Å². The van der Waals surface area contributed by atoms with Crippen molar-refractivity contribution in [3.8, 4) is 23.1 Å². The Morgan fingerprint density at radius 1 is 0.925 bits per heavy atom. The third-order valence-corrected chi connectivity index (χ3v) is 7.03. The summed E-state index contributed by atoms with van der Waals surface area (Å²) in [6.45, 7) is 5.18. The molecule has 10 nitrogen and oxygen atoms in total. The molecule has 11 heteroatoms. The van der Waals surface area contributed by atoms with Crippen LogP contribution in [-0.4, -0.2) is 73.2 Å². The summed E-state index contributed by atoms with van der Waals surface area (Å²) < 4.78 is 16.8. The fourth-order valence-corrected chi connectivity index (χ4v) is 4.67. The van der Waals surface area contributed by atoms with Crippen LogP contribution in [0, 0.1) is 0 Å². The van der Waals surface area contributed by atoms with E-state index in [0.29, 0.717) is 50.4 Å². The molecule has 40 heavy (non-hydrogen) atoms. The summed E-state index contributed by atoms with van der Waals surface area (Å²) in [6, 6.07) is 16.0. The van der Waals surface area contributed by atoms with Crippen LogP contribution in [0.3, 0.4) is 0 Å². The van der Waals surface area contributed by atoms with Gasteiger partial charge in [-0.1, -0.05) is 23.7 Å². The van der Waals surface area contributed by atoms with Crippen molar-refractivity contribution in [2.24, 2.45) is 0 Å². The van der Waals surface area contributed by atoms with Crippen molar-refractivity contribution in [2.45, 2.75) is 6.54 Å². The van der Waals surface area contributed by atoms with Gasteiger partial charge >= 0.3 is 6.03 Å². The highest BCUT2D eigenvalue weighted by Crippen LogP contribution is 2.36. The number of piperazine rings is 1. The average Bonchev–Trinajstić information content (AvgIpc) is 2.96. The van der Waals surface area contributed by atoms with Gasteiger partial charge in [-0.3, -0.25) is 4.90 Å². The molecule has 1 aliphatic rings. The number of ether oxygens (including phenoxy) is 3. The number of methoxy groups -OCH3 is 2. The van der Waals surface area contributed by atoms with Crippen molar-refractivity contribution in [1.29, 1.82) is 0 Å². The lowest BCUT2D eigenvalue weighted by Crippen LogP contribution is -2.43. The van der Waals surface area contributed by atoms with Crippen molar-refractivity contribution in [3.05, 3.63) is 71.5 Å². The summed E-state index contributed by atoms with van der Waals surface area (Å²) in [5.41, 5.74) is 2.98. The molecule has 4 aromatic rings. The topological polar surface area (TPSA) is 101 Å². The van der Waals surface area contributed by atoms with Gasteiger partial charge in [0, 0.05) is 50.5 Å². The number of likely N-dealkylation sites (N-methyl/N-ethyl adjacent to an activating group) is 1. The minimum absolute atomic E-state index is 0.313. The zero-order chi connectivity index (χ0) is 28.1. The van der Waals surface area contributed by atoms with Crippen molar-refractivity contribution >= 4 is 39.9 Å². The zero-order valence-corrected chi connectivity index (χ0v) is 23.4. The Morgan fingerprint density at radius 3 is 2.35 bits per heavy atom. The second-order valence-corrected chi connectivity index (χ2v) is 9.91. The van der Waals surface area contributed by atoms with E-state index in [1.165, 1.54) is 11.9 Å². The number of amides is 2. The number of hydrogen-bond donors (Lipinski definition) is 2. The van der Waals surface area contributed by atoms with Gasteiger partial charge < -0.3 is 29.7 Å². The smallest absolute Gasteiger partial charge is 0.323 e. The third-order valence-electron chi connectivity index (χ3n) is 6.72. The molecule has 1 aromatic heterocycles. The molecule has 0 aliphatic carbocycles. The number of carbonyl (C=O) groups is 1. The second-order valence-electron chi connectivity index (χ2n) is 9.50. The lowest BCUT2D eigenvalue weighted by Gasteiger charge is -2.32. The average molecular weight is 563 g/mol. The first-order valence-corrected chi connectivity index (χ1v) is 13.2. The van der Waals surface area contributed by atoms with Gasteiger partial charge in [0.15, 0.2) is 11.5 Å².